The van der Waals surface area contributed by atoms with Gasteiger partial charge in [0, 0.05) is 26.2 Å². The number of aryl methyl sites for hydroxylation is 1. The highest BCUT2D eigenvalue weighted by molar-refractivity contribution is 5.94. The number of nitrogens with one attached hydrogen (secondary N) is 2. The molecule has 3 N–H and O–H groups in total. The number of nitrogens with zero attached hydrogens (tertiary/aromatic N) is 2. The highest BCUT2D eigenvalue weighted by atomic mass is 19.3. The van der Waals surface area contributed by atoms with Gasteiger partial charge in [-0.25, -0.2) is 8.78 Å². The minimum absolute atomic E-state index is 0.00544. The molecule has 2 aliphatic heterocycles. The molecule has 3 heterocycles. The van der Waals surface area contributed by atoms with E-state index in [1.165, 1.54) is 0 Å². The molecule has 3 amide bonds. The van der Waals surface area contributed by atoms with E-state index in [4.69, 9.17) is 9.47 Å². The summed E-state index contributed by atoms with van der Waals surface area (Å²) in [6.45, 7) is -0.946. The van der Waals surface area contributed by atoms with Gasteiger partial charge in [0.15, 0.2) is 17.6 Å². The summed E-state index contributed by atoms with van der Waals surface area (Å²) < 4.78 is 41.3. The molecule has 10 nitrogen and oxygen atoms in total. The molecule has 1 aromatic heterocycles. The molecule has 3 unspecified atom stereocenters. The van der Waals surface area contributed by atoms with Crippen molar-refractivity contribution in [2.45, 2.75) is 43.5 Å². The first-order valence-corrected chi connectivity index (χ1v) is 13.1. The van der Waals surface area contributed by atoms with Gasteiger partial charge in [-0.3, -0.25) is 14.4 Å². The van der Waals surface area contributed by atoms with Crippen LogP contribution in [0.4, 0.5) is 8.78 Å². The summed E-state index contributed by atoms with van der Waals surface area (Å²) in [5.41, 5.74) is 1.65. The van der Waals surface area contributed by atoms with E-state index in [2.05, 4.69) is 10.6 Å². The molecule has 2 aliphatic rings. The van der Waals surface area contributed by atoms with Crippen molar-refractivity contribution in [3.8, 4) is 11.5 Å². The Kier molecular flexibility index (Phi) is 7.93. The summed E-state index contributed by atoms with van der Waals surface area (Å²) in [7, 11) is 1.67. The lowest BCUT2D eigenvalue weighted by Crippen LogP contribution is -2.56. The van der Waals surface area contributed by atoms with Gasteiger partial charge in [0.1, 0.15) is 11.7 Å². The maximum Gasteiger partial charge on any atom is 0.268 e. The summed E-state index contributed by atoms with van der Waals surface area (Å²) in [5, 5.41) is 16.4. The quantitative estimate of drug-likeness (QED) is 0.363. The molecule has 0 radical (unpaired) electrons. The number of carbonyl (C=O) groups excluding carboxylic acids is 3. The number of amides is 3. The predicted octanol–water partition coefficient (Wildman–Crippen LogP) is 2.01. The van der Waals surface area contributed by atoms with Crippen LogP contribution in [0.5, 0.6) is 11.5 Å². The number of hydrogen-bond donors (Lipinski definition) is 3. The first-order chi connectivity index (χ1) is 19.6. The Labute approximate surface area is 234 Å². The van der Waals surface area contributed by atoms with E-state index in [9.17, 15) is 28.3 Å². The molecule has 3 atom stereocenters. The number of aliphatic hydroxyl groups excluding tert-OH is 1. The van der Waals surface area contributed by atoms with Gasteiger partial charge < -0.3 is 34.7 Å². The second-order valence-electron chi connectivity index (χ2n) is 10.2. The highest BCUT2D eigenvalue weighted by Gasteiger charge is 2.51. The van der Waals surface area contributed by atoms with Crippen LogP contribution in [0.3, 0.4) is 0 Å². The van der Waals surface area contributed by atoms with E-state index in [-0.39, 0.29) is 25.5 Å². The molecule has 3 aromatic rings. The Balaban J connectivity index is 1.31. The summed E-state index contributed by atoms with van der Waals surface area (Å²) in [5.74, 6) is -4.67. The Bertz CT molecular complexity index is 1430. The van der Waals surface area contributed by atoms with Crippen LogP contribution >= 0.6 is 0 Å². The minimum Gasteiger partial charge on any atom is -0.454 e. The Morgan fingerprint density at radius 3 is 2.54 bits per heavy atom. The largest absolute Gasteiger partial charge is 0.454 e. The Morgan fingerprint density at radius 2 is 1.80 bits per heavy atom. The lowest BCUT2D eigenvalue weighted by Gasteiger charge is -2.30. The number of carbonyl (C=O) groups is 3. The summed E-state index contributed by atoms with van der Waals surface area (Å²) in [6, 6.07) is 14.5. The molecule has 0 bridgehead atoms. The molecule has 2 aromatic carbocycles. The zero-order valence-electron chi connectivity index (χ0n) is 22.3. The van der Waals surface area contributed by atoms with Crippen molar-refractivity contribution < 1.29 is 37.7 Å². The van der Waals surface area contributed by atoms with Crippen LogP contribution in [0.15, 0.2) is 66.9 Å². The van der Waals surface area contributed by atoms with Crippen LogP contribution in [0.25, 0.3) is 0 Å². The Hall–Kier alpha value is -4.45. The smallest absolute Gasteiger partial charge is 0.268 e. The summed E-state index contributed by atoms with van der Waals surface area (Å²) in [4.78, 5) is 40.2. The van der Waals surface area contributed by atoms with E-state index in [0.717, 1.165) is 0 Å². The van der Waals surface area contributed by atoms with Crippen molar-refractivity contribution in [1.29, 1.82) is 0 Å². The SMILES string of the molecule is Cn1cccc1C(=O)NC(Cc1ccccc1)C(O)C(=O)N1CC(F)(F)CC1C(=O)NCc1ccc2c(c1)OCO2. The first-order valence-electron chi connectivity index (χ1n) is 13.1. The van der Waals surface area contributed by atoms with Crippen molar-refractivity contribution in [1.82, 2.24) is 20.1 Å². The van der Waals surface area contributed by atoms with Gasteiger partial charge >= 0.3 is 0 Å². The molecule has 0 saturated carbocycles. The number of ether oxygens (including phenoxy) is 2. The number of fused-ring (bicyclic) bond motifs is 1. The fourth-order valence-corrected chi connectivity index (χ4v) is 5.03. The van der Waals surface area contributed by atoms with Crippen LogP contribution in [0.1, 0.15) is 28.0 Å². The molecule has 1 saturated heterocycles. The zero-order chi connectivity index (χ0) is 29.1. The van der Waals surface area contributed by atoms with Gasteiger partial charge in [-0.2, -0.15) is 0 Å². The number of aromatic nitrogens is 1. The second-order valence-corrected chi connectivity index (χ2v) is 10.2. The minimum atomic E-state index is -3.34. The monoisotopic (exact) mass is 568 g/mol. The third-order valence-corrected chi connectivity index (χ3v) is 7.18. The molecule has 216 valence electrons. The van der Waals surface area contributed by atoms with Crippen LogP contribution in [0, 0.1) is 0 Å². The molecule has 12 heteroatoms. The lowest BCUT2D eigenvalue weighted by molar-refractivity contribution is -0.147. The summed E-state index contributed by atoms with van der Waals surface area (Å²) >= 11 is 0. The second kappa shape index (κ2) is 11.6. The number of hydrogen-bond acceptors (Lipinski definition) is 6. The van der Waals surface area contributed by atoms with Crippen molar-refractivity contribution >= 4 is 17.7 Å². The standard InChI is InChI=1S/C29H30F2N4O6/c1-34-11-5-8-21(34)27(38)33-20(12-18-6-3-2-4-7-18)25(36)28(39)35-16-29(30,31)14-22(35)26(37)32-15-19-9-10-23-24(13-19)41-17-40-23/h2-11,13,20,22,25,36H,12,14-17H2,1H3,(H,32,37)(H,33,38). The number of benzene rings is 2. The third kappa shape index (κ3) is 6.32. The maximum absolute atomic E-state index is 14.6. The molecule has 1 fully saturated rings. The number of rotatable bonds is 9. The highest BCUT2D eigenvalue weighted by Crippen LogP contribution is 2.34. The number of aliphatic hydroxyl groups is 1. The average Bonchev–Trinajstić information content (AvgIpc) is 3.68. The van der Waals surface area contributed by atoms with Crippen molar-refractivity contribution in [2.24, 2.45) is 7.05 Å². The van der Waals surface area contributed by atoms with Crippen molar-refractivity contribution in [3.05, 3.63) is 83.7 Å². The average molecular weight is 569 g/mol. The van der Waals surface area contributed by atoms with E-state index >= 15 is 0 Å². The molecule has 41 heavy (non-hydrogen) atoms. The van der Waals surface area contributed by atoms with Crippen molar-refractivity contribution in [2.75, 3.05) is 13.3 Å². The van der Waals surface area contributed by atoms with Crippen LogP contribution in [0.2, 0.25) is 0 Å². The summed E-state index contributed by atoms with van der Waals surface area (Å²) in [6.07, 6.45) is -1.06. The fourth-order valence-electron chi connectivity index (χ4n) is 5.03. The van der Waals surface area contributed by atoms with E-state index in [1.54, 1.807) is 78.5 Å². The number of likely N-dealkylation sites (tertiary alicyclic amines) is 1. The Morgan fingerprint density at radius 1 is 1.05 bits per heavy atom. The van der Waals surface area contributed by atoms with Crippen LogP contribution < -0.4 is 20.1 Å². The first kappa shape index (κ1) is 28.1. The number of alkyl halides is 2. The van der Waals surface area contributed by atoms with E-state index < -0.39 is 54.8 Å². The fraction of sp³-hybridized carbons (Fsp3) is 0.345. The van der Waals surface area contributed by atoms with E-state index in [0.29, 0.717) is 27.5 Å². The van der Waals surface area contributed by atoms with Gasteiger partial charge in [-0.15, -0.1) is 0 Å². The maximum atomic E-state index is 14.6. The van der Waals surface area contributed by atoms with Crippen molar-refractivity contribution in [3.63, 3.8) is 0 Å². The van der Waals surface area contributed by atoms with Gasteiger partial charge in [0.2, 0.25) is 12.7 Å². The number of halogens is 2. The normalized spacial score (nSPS) is 18.5. The molecular weight excluding hydrogens is 538 g/mol. The van der Waals surface area contributed by atoms with E-state index in [1.807, 2.05) is 0 Å². The van der Waals surface area contributed by atoms with Gasteiger partial charge in [-0.05, 0) is 41.8 Å². The molecule has 5 rings (SSSR count). The third-order valence-electron chi connectivity index (χ3n) is 7.18. The van der Waals surface area contributed by atoms with Crippen LogP contribution in [-0.4, -0.2) is 69.7 Å². The van der Waals surface area contributed by atoms with Gasteiger partial charge in [-0.1, -0.05) is 36.4 Å². The van der Waals surface area contributed by atoms with Gasteiger partial charge in [0.25, 0.3) is 17.7 Å². The van der Waals surface area contributed by atoms with Gasteiger partial charge in [0.05, 0.1) is 12.6 Å². The zero-order valence-corrected chi connectivity index (χ0v) is 22.3. The molecule has 0 spiro atoms. The molecule has 0 aliphatic carbocycles. The lowest BCUT2D eigenvalue weighted by atomic mass is 9.99. The topological polar surface area (TPSA) is 122 Å². The predicted molar refractivity (Wildman–Crippen MR) is 142 cm³/mol. The van der Waals surface area contributed by atoms with Crippen LogP contribution in [-0.2, 0) is 29.6 Å². The molecular formula is C29H30F2N4O6.